The number of hydrogen-bond acceptors (Lipinski definition) is 6. The molecule has 0 bridgehead atoms. The number of hydrogen-bond donors (Lipinski definition) is 1. The maximum Gasteiger partial charge on any atom is 0.225 e. The smallest absolute Gasteiger partial charge is 0.225 e. The second-order valence-corrected chi connectivity index (χ2v) is 8.92. The first-order chi connectivity index (χ1) is 14.5. The zero-order chi connectivity index (χ0) is 21.3. The molecule has 4 rings (SSSR count). The van der Waals surface area contributed by atoms with Crippen LogP contribution in [0.3, 0.4) is 0 Å². The monoisotopic (exact) mass is 427 g/mol. The number of rotatable bonds is 6. The average molecular weight is 428 g/mol. The lowest BCUT2D eigenvalue weighted by Crippen LogP contribution is -2.45. The summed E-state index contributed by atoms with van der Waals surface area (Å²) >= 11 is 1.66. The van der Waals surface area contributed by atoms with E-state index in [-0.39, 0.29) is 17.9 Å². The van der Waals surface area contributed by atoms with E-state index in [1.807, 2.05) is 35.9 Å². The molecule has 30 heavy (non-hydrogen) atoms. The number of aromatic nitrogens is 3. The second-order valence-electron chi connectivity index (χ2n) is 7.95. The van der Waals surface area contributed by atoms with Crippen LogP contribution in [0, 0.1) is 12.8 Å². The Morgan fingerprint density at radius 2 is 2.13 bits per heavy atom. The molecular formula is C22H29N5O2S. The summed E-state index contributed by atoms with van der Waals surface area (Å²) in [6.45, 7) is 7.81. The Labute approximate surface area is 181 Å². The van der Waals surface area contributed by atoms with Crippen LogP contribution >= 0.6 is 11.3 Å². The van der Waals surface area contributed by atoms with E-state index in [0.29, 0.717) is 6.54 Å². The Morgan fingerprint density at radius 1 is 1.37 bits per heavy atom. The predicted molar refractivity (Wildman–Crippen MR) is 121 cm³/mol. The van der Waals surface area contributed by atoms with Crippen LogP contribution in [-0.2, 0) is 4.79 Å². The first-order valence-corrected chi connectivity index (χ1v) is 11.4. The number of ether oxygens (including phenoxy) is 1. The van der Waals surface area contributed by atoms with Crippen molar-refractivity contribution < 1.29 is 9.53 Å². The molecule has 1 N–H and O–H groups in total. The number of anilines is 1. The van der Waals surface area contributed by atoms with E-state index in [4.69, 9.17) is 9.72 Å². The Bertz CT molecular complexity index is 1030. The third-order valence-electron chi connectivity index (χ3n) is 5.76. The first-order valence-electron chi connectivity index (χ1n) is 10.6. The Hall–Kier alpha value is -2.61. The van der Waals surface area contributed by atoms with Gasteiger partial charge in [0.25, 0.3) is 0 Å². The number of nitrogens with zero attached hydrogens (tertiary/aromatic N) is 4. The van der Waals surface area contributed by atoms with Crippen molar-refractivity contribution in [3.05, 3.63) is 30.0 Å². The van der Waals surface area contributed by atoms with Gasteiger partial charge in [0.15, 0.2) is 10.8 Å². The molecule has 2 aromatic heterocycles. The van der Waals surface area contributed by atoms with Gasteiger partial charge in [0, 0.05) is 19.1 Å². The minimum Gasteiger partial charge on any atom is -0.497 e. The van der Waals surface area contributed by atoms with Crippen LogP contribution < -0.4 is 15.0 Å². The molecule has 1 fully saturated rings. The summed E-state index contributed by atoms with van der Waals surface area (Å²) in [6, 6.07) is 8.04. The molecular weight excluding hydrogens is 398 g/mol. The highest BCUT2D eigenvalue weighted by atomic mass is 32.1. The van der Waals surface area contributed by atoms with Gasteiger partial charge in [-0.15, -0.1) is 0 Å². The molecule has 0 saturated carbocycles. The van der Waals surface area contributed by atoms with Crippen LogP contribution in [0.4, 0.5) is 5.13 Å². The molecule has 0 aliphatic carbocycles. The molecule has 160 valence electrons. The molecule has 1 aliphatic rings. The molecule has 8 heteroatoms. The molecule has 1 amide bonds. The van der Waals surface area contributed by atoms with Crippen molar-refractivity contribution in [2.75, 3.05) is 25.1 Å². The minimum absolute atomic E-state index is 0.0129. The predicted octanol–water partition coefficient (Wildman–Crippen LogP) is 3.93. The molecule has 1 saturated heterocycles. The van der Waals surface area contributed by atoms with Gasteiger partial charge in [-0.1, -0.05) is 18.3 Å². The zero-order valence-corrected chi connectivity index (χ0v) is 18.8. The molecule has 1 aromatic carbocycles. The summed E-state index contributed by atoms with van der Waals surface area (Å²) in [4.78, 5) is 19.8. The number of aryl methyl sites for hydroxylation is 1. The van der Waals surface area contributed by atoms with Gasteiger partial charge in [-0.2, -0.15) is 10.1 Å². The van der Waals surface area contributed by atoms with Crippen molar-refractivity contribution in [2.45, 2.75) is 46.1 Å². The van der Waals surface area contributed by atoms with E-state index >= 15 is 0 Å². The highest BCUT2D eigenvalue weighted by Gasteiger charge is 2.28. The summed E-state index contributed by atoms with van der Waals surface area (Å²) in [5, 5.41) is 8.79. The summed E-state index contributed by atoms with van der Waals surface area (Å²) < 4.78 is 8.24. The summed E-state index contributed by atoms with van der Waals surface area (Å²) in [5.41, 5.74) is 2.78. The minimum atomic E-state index is 0.0129. The topological polar surface area (TPSA) is 72.3 Å². The van der Waals surface area contributed by atoms with Crippen LogP contribution in [0.2, 0.25) is 0 Å². The van der Waals surface area contributed by atoms with Crippen molar-refractivity contribution in [1.29, 1.82) is 0 Å². The quantitative estimate of drug-likeness (QED) is 0.645. The number of methoxy groups -OCH3 is 1. The number of amides is 1. The number of fused-ring (bicyclic) bond motifs is 1. The van der Waals surface area contributed by atoms with Crippen LogP contribution in [0.15, 0.2) is 24.3 Å². The fourth-order valence-electron chi connectivity index (χ4n) is 3.79. The Morgan fingerprint density at radius 3 is 2.83 bits per heavy atom. The van der Waals surface area contributed by atoms with Gasteiger partial charge in [0.2, 0.25) is 5.91 Å². The number of carbonyl (C=O) groups is 1. The molecule has 2 atom stereocenters. The molecule has 7 nitrogen and oxygen atoms in total. The van der Waals surface area contributed by atoms with Gasteiger partial charge in [-0.05, 0) is 57.4 Å². The fourth-order valence-corrected chi connectivity index (χ4v) is 4.81. The van der Waals surface area contributed by atoms with E-state index in [9.17, 15) is 4.79 Å². The maximum absolute atomic E-state index is 12.6. The van der Waals surface area contributed by atoms with Gasteiger partial charge in [-0.25, -0.2) is 4.68 Å². The molecule has 0 spiro atoms. The average Bonchev–Trinajstić information content (AvgIpc) is 3.34. The van der Waals surface area contributed by atoms with Crippen molar-refractivity contribution in [2.24, 2.45) is 5.92 Å². The summed E-state index contributed by atoms with van der Waals surface area (Å²) in [6.07, 6.45) is 2.88. The van der Waals surface area contributed by atoms with Crippen LogP contribution in [-0.4, -0.2) is 46.9 Å². The number of nitrogens with one attached hydrogen (secondary N) is 1. The largest absolute Gasteiger partial charge is 0.497 e. The maximum atomic E-state index is 12.6. The number of benzene rings is 1. The van der Waals surface area contributed by atoms with Gasteiger partial charge < -0.3 is 15.0 Å². The molecule has 3 aromatic rings. The summed E-state index contributed by atoms with van der Waals surface area (Å²) in [5.74, 6) is 0.988. The molecule has 0 unspecified atom stereocenters. The Kier molecular flexibility index (Phi) is 5.94. The third kappa shape index (κ3) is 4.01. The molecule has 3 heterocycles. The van der Waals surface area contributed by atoms with E-state index in [0.717, 1.165) is 58.4 Å². The lowest BCUT2D eigenvalue weighted by atomic mass is 9.97. The normalized spacial score (nSPS) is 17.9. The lowest BCUT2D eigenvalue weighted by molar-refractivity contribution is -0.125. The molecule has 1 aliphatic heterocycles. The van der Waals surface area contributed by atoms with Gasteiger partial charge in [-0.3, -0.25) is 4.79 Å². The van der Waals surface area contributed by atoms with E-state index in [1.165, 1.54) is 0 Å². The standard InChI is InChI=1S/C22H29N5O2S/c1-5-14(2)23-21(28)16-7-6-12-26(13-16)22-24-20-19(30-22)15(3)25-27(20)17-8-10-18(29-4)11-9-17/h8-11,14,16H,5-7,12-13H2,1-4H3,(H,23,28)/t14-,16-/m0/s1. The van der Waals surface area contributed by atoms with Crippen LogP contribution in [0.5, 0.6) is 5.75 Å². The first kappa shape index (κ1) is 20.7. The number of carbonyl (C=O) groups excluding carboxylic acids is 1. The third-order valence-corrected chi connectivity index (χ3v) is 6.97. The highest BCUT2D eigenvalue weighted by molar-refractivity contribution is 7.22. The van der Waals surface area contributed by atoms with E-state index in [1.54, 1.807) is 18.4 Å². The Balaban J connectivity index is 1.58. The van der Waals surface area contributed by atoms with E-state index in [2.05, 4.69) is 29.2 Å². The summed E-state index contributed by atoms with van der Waals surface area (Å²) in [7, 11) is 1.66. The van der Waals surface area contributed by atoms with Crippen molar-refractivity contribution >= 4 is 32.7 Å². The van der Waals surface area contributed by atoms with Crippen molar-refractivity contribution in [3.8, 4) is 11.4 Å². The van der Waals surface area contributed by atoms with Crippen molar-refractivity contribution in [1.82, 2.24) is 20.1 Å². The molecule has 0 radical (unpaired) electrons. The number of thiazole rings is 1. The van der Waals surface area contributed by atoms with Crippen LogP contribution in [0.25, 0.3) is 16.0 Å². The second kappa shape index (κ2) is 8.63. The van der Waals surface area contributed by atoms with Crippen LogP contribution in [0.1, 0.15) is 38.8 Å². The van der Waals surface area contributed by atoms with Gasteiger partial charge >= 0.3 is 0 Å². The zero-order valence-electron chi connectivity index (χ0n) is 18.0. The van der Waals surface area contributed by atoms with Gasteiger partial charge in [0.05, 0.1) is 29.1 Å². The SMILES string of the molecule is CC[C@H](C)NC(=O)[C@H]1CCCN(c2nc3c(s2)c(C)nn3-c2ccc(OC)cc2)C1. The van der Waals surface area contributed by atoms with Gasteiger partial charge in [0.1, 0.15) is 5.75 Å². The lowest BCUT2D eigenvalue weighted by Gasteiger charge is -2.32. The van der Waals surface area contributed by atoms with Crippen molar-refractivity contribution in [3.63, 3.8) is 0 Å². The van der Waals surface area contributed by atoms with E-state index < -0.39 is 0 Å². The highest BCUT2D eigenvalue weighted by Crippen LogP contribution is 2.34. The number of piperidine rings is 1. The fraction of sp³-hybridized carbons (Fsp3) is 0.500.